The van der Waals surface area contributed by atoms with Crippen LogP contribution in [0.1, 0.15) is 51.5 Å². The maximum atomic E-state index is 12.0. The van der Waals surface area contributed by atoms with Crippen LogP contribution in [-0.2, 0) is 6.54 Å². The maximum Gasteiger partial charge on any atom is 0.315 e. The number of carbonyl (C=O) groups is 1. The van der Waals surface area contributed by atoms with Gasteiger partial charge in [0.15, 0.2) is 0 Å². The number of aliphatic hydroxyl groups is 1. The van der Waals surface area contributed by atoms with E-state index in [-0.39, 0.29) is 24.6 Å². The lowest BCUT2D eigenvalue weighted by atomic mass is 10.0. The van der Waals surface area contributed by atoms with E-state index in [9.17, 15) is 4.79 Å². The molecule has 2 heterocycles. The minimum Gasteiger partial charge on any atom is -0.396 e. The van der Waals surface area contributed by atoms with Gasteiger partial charge in [-0.3, -0.25) is 0 Å². The number of urea groups is 1. The minimum absolute atomic E-state index is 0.0199. The highest BCUT2D eigenvalue weighted by atomic mass is 16.3. The van der Waals surface area contributed by atoms with Crippen LogP contribution in [0.25, 0.3) is 0 Å². The molecule has 1 aliphatic heterocycles. The van der Waals surface area contributed by atoms with Crippen molar-refractivity contribution in [3.05, 3.63) is 23.9 Å². The van der Waals surface area contributed by atoms with Gasteiger partial charge in [-0.05, 0) is 36.8 Å². The minimum atomic E-state index is -0.205. The van der Waals surface area contributed by atoms with Crippen molar-refractivity contribution < 1.29 is 9.90 Å². The van der Waals surface area contributed by atoms with E-state index in [1.807, 2.05) is 32.2 Å². The molecule has 0 aliphatic carbocycles. The Kier molecular flexibility index (Phi) is 7.98. The van der Waals surface area contributed by atoms with Gasteiger partial charge < -0.3 is 20.6 Å². The van der Waals surface area contributed by atoms with Crippen LogP contribution in [0.3, 0.4) is 0 Å². The highest BCUT2D eigenvalue weighted by molar-refractivity contribution is 5.74. The summed E-state index contributed by atoms with van der Waals surface area (Å²) in [7, 11) is 0. The average Bonchev–Trinajstić information content (AvgIpc) is 2.89. The van der Waals surface area contributed by atoms with E-state index in [0.29, 0.717) is 13.0 Å². The van der Waals surface area contributed by atoms with Gasteiger partial charge in [-0.2, -0.15) is 0 Å². The number of pyridine rings is 1. The third-order valence-electron chi connectivity index (χ3n) is 4.75. The van der Waals surface area contributed by atoms with Gasteiger partial charge in [-0.1, -0.05) is 32.8 Å². The summed E-state index contributed by atoms with van der Waals surface area (Å²) in [4.78, 5) is 18.9. The molecule has 1 unspecified atom stereocenters. The van der Waals surface area contributed by atoms with Crippen LogP contribution < -0.4 is 15.5 Å². The Morgan fingerprint density at radius 2 is 1.96 bits per heavy atom. The van der Waals surface area contributed by atoms with Gasteiger partial charge >= 0.3 is 6.03 Å². The number of nitrogens with zero attached hydrogens (tertiary/aromatic N) is 2. The van der Waals surface area contributed by atoms with Crippen LogP contribution in [-0.4, -0.2) is 41.9 Å². The predicted molar refractivity (Wildman–Crippen MR) is 101 cm³/mol. The summed E-state index contributed by atoms with van der Waals surface area (Å²) in [6, 6.07) is 3.85. The number of anilines is 1. The number of rotatable bonds is 7. The second-order valence-electron chi connectivity index (χ2n) is 7.12. The molecule has 25 heavy (non-hydrogen) atoms. The van der Waals surface area contributed by atoms with Gasteiger partial charge in [0, 0.05) is 38.5 Å². The summed E-state index contributed by atoms with van der Waals surface area (Å²) >= 11 is 0. The smallest absolute Gasteiger partial charge is 0.315 e. The Morgan fingerprint density at radius 3 is 2.52 bits per heavy atom. The molecule has 1 atom stereocenters. The molecule has 6 nitrogen and oxygen atoms in total. The summed E-state index contributed by atoms with van der Waals surface area (Å²) in [5, 5.41) is 14.9. The molecule has 1 fully saturated rings. The lowest BCUT2D eigenvalue weighted by Gasteiger charge is -2.22. The van der Waals surface area contributed by atoms with Crippen molar-refractivity contribution in [1.82, 2.24) is 15.6 Å². The number of hydrogen-bond donors (Lipinski definition) is 3. The number of nitrogens with one attached hydrogen (secondary N) is 2. The first kappa shape index (κ1) is 19.5. The van der Waals surface area contributed by atoms with Gasteiger partial charge in [-0.25, -0.2) is 9.78 Å². The van der Waals surface area contributed by atoms with Crippen molar-refractivity contribution in [2.45, 2.75) is 58.5 Å². The van der Waals surface area contributed by atoms with E-state index in [0.717, 1.165) is 24.5 Å². The van der Waals surface area contributed by atoms with Gasteiger partial charge in [0.25, 0.3) is 0 Å². The lowest BCUT2D eigenvalue weighted by molar-refractivity contribution is 0.218. The SMILES string of the molecule is CC(C)C(CCO)NC(=O)NCc1ccc(N2CCCCCC2)nc1. The zero-order valence-corrected chi connectivity index (χ0v) is 15.5. The molecule has 0 saturated carbocycles. The average molecular weight is 348 g/mol. The number of carbonyl (C=O) groups excluding carboxylic acids is 1. The summed E-state index contributed by atoms with van der Waals surface area (Å²) in [6.07, 6.45) is 7.49. The largest absolute Gasteiger partial charge is 0.396 e. The monoisotopic (exact) mass is 348 g/mol. The molecular formula is C19H32N4O2. The molecule has 0 radical (unpaired) electrons. The van der Waals surface area contributed by atoms with Crippen LogP contribution in [0.15, 0.2) is 18.3 Å². The second kappa shape index (κ2) is 10.2. The van der Waals surface area contributed by atoms with E-state index in [4.69, 9.17) is 5.11 Å². The number of aliphatic hydroxyl groups excluding tert-OH is 1. The van der Waals surface area contributed by atoms with E-state index in [1.54, 1.807) is 0 Å². The molecule has 2 rings (SSSR count). The van der Waals surface area contributed by atoms with Crippen molar-refractivity contribution in [2.75, 3.05) is 24.6 Å². The zero-order valence-electron chi connectivity index (χ0n) is 15.5. The summed E-state index contributed by atoms with van der Waals surface area (Å²) < 4.78 is 0. The molecule has 6 heteroatoms. The second-order valence-corrected chi connectivity index (χ2v) is 7.12. The molecule has 2 amide bonds. The summed E-state index contributed by atoms with van der Waals surface area (Å²) in [5.74, 6) is 1.31. The number of hydrogen-bond acceptors (Lipinski definition) is 4. The Balaban J connectivity index is 1.81. The molecule has 1 aromatic rings. The standard InChI is InChI=1S/C19H32N4O2/c1-15(2)17(9-12-24)22-19(25)21-14-16-7-8-18(20-13-16)23-10-5-3-4-6-11-23/h7-8,13,15,17,24H,3-6,9-12,14H2,1-2H3,(H2,21,22,25). The fraction of sp³-hybridized carbons (Fsp3) is 0.684. The predicted octanol–water partition coefficient (Wildman–Crippen LogP) is 2.67. The molecular weight excluding hydrogens is 316 g/mol. The van der Waals surface area contributed by atoms with Crippen LogP contribution in [0.4, 0.5) is 10.6 Å². The quantitative estimate of drug-likeness (QED) is 0.708. The normalized spacial score (nSPS) is 16.4. The number of amides is 2. The molecule has 140 valence electrons. The first-order valence-electron chi connectivity index (χ1n) is 9.45. The van der Waals surface area contributed by atoms with Crippen molar-refractivity contribution in [3.63, 3.8) is 0 Å². The summed E-state index contributed by atoms with van der Waals surface area (Å²) in [5.41, 5.74) is 0.983. The van der Waals surface area contributed by atoms with Crippen LogP contribution in [0.2, 0.25) is 0 Å². The van der Waals surface area contributed by atoms with E-state index in [2.05, 4.69) is 20.5 Å². The highest BCUT2D eigenvalue weighted by Crippen LogP contribution is 2.17. The number of aromatic nitrogens is 1. The third kappa shape index (κ3) is 6.53. The Bertz CT molecular complexity index is 511. The Hall–Kier alpha value is -1.82. The van der Waals surface area contributed by atoms with E-state index in [1.165, 1.54) is 25.7 Å². The molecule has 3 N–H and O–H groups in total. The molecule has 0 bridgehead atoms. The van der Waals surface area contributed by atoms with Gasteiger partial charge in [0.05, 0.1) is 0 Å². The zero-order chi connectivity index (χ0) is 18.1. The summed E-state index contributed by atoms with van der Waals surface area (Å²) in [6.45, 7) is 6.75. The third-order valence-corrected chi connectivity index (χ3v) is 4.75. The topological polar surface area (TPSA) is 77.5 Å². The van der Waals surface area contributed by atoms with Crippen molar-refractivity contribution >= 4 is 11.8 Å². The van der Waals surface area contributed by atoms with Crippen LogP contribution in [0.5, 0.6) is 0 Å². The van der Waals surface area contributed by atoms with Gasteiger partial charge in [0.1, 0.15) is 5.82 Å². The molecule has 1 aromatic heterocycles. The Morgan fingerprint density at radius 1 is 1.24 bits per heavy atom. The fourth-order valence-corrected chi connectivity index (χ4v) is 3.12. The Labute approximate surface area is 151 Å². The van der Waals surface area contributed by atoms with Gasteiger partial charge in [0.2, 0.25) is 0 Å². The first-order chi connectivity index (χ1) is 12.1. The van der Waals surface area contributed by atoms with Crippen molar-refractivity contribution in [1.29, 1.82) is 0 Å². The van der Waals surface area contributed by atoms with Crippen LogP contribution >= 0.6 is 0 Å². The first-order valence-corrected chi connectivity index (χ1v) is 9.45. The molecule has 1 saturated heterocycles. The van der Waals surface area contributed by atoms with E-state index < -0.39 is 0 Å². The van der Waals surface area contributed by atoms with Crippen LogP contribution in [0, 0.1) is 5.92 Å². The molecule has 0 spiro atoms. The maximum absolute atomic E-state index is 12.0. The lowest BCUT2D eigenvalue weighted by Crippen LogP contribution is -2.44. The molecule has 1 aliphatic rings. The van der Waals surface area contributed by atoms with Gasteiger partial charge in [-0.15, -0.1) is 0 Å². The highest BCUT2D eigenvalue weighted by Gasteiger charge is 2.15. The molecule has 0 aromatic carbocycles. The van der Waals surface area contributed by atoms with Crippen molar-refractivity contribution in [3.8, 4) is 0 Å². The fourth-order valence-electron chi connectivity index (χ4n) is 3.12. The van der Waals surface area contributed by atoms with E-state index >= 15 is 0 Å². The van der Waals surface area contributed by atoms with Crippen molar-refractivity contribution in [2.24, 2.45) is 5.92 Å².